The summed E-state index contributed by atoms with van der Waals surface area (Å²) >= 11 is -4.06. The number of carbonyl (C=O) groups excluding carboxylic acids is 2. The smallest absolute Gasteiger partial charge is 0.0654 e. The van der Waals surface area contributed by atoms with Crippen LogP contribution in [0.25, 0.3) is 0 Å². The topological polar surface area (TPSA) is 52.6 Å². The van der Waals surface area contributed by atoms with Crippen molar-refractivity contribution >= 4 is 31.1 Å². The van der Waals surface area contributed by atoms with Crippen LogP contribution in [0.2, 0.25) is 8.87 Å². The van der Waals surface area contributed by atoms with Gasteiger partial charge in [-0.15, -0.1) is 0 Å². The Bertz CT molecular complexity index is 574. The molecular weight excluding hydrogens is 567 g/mol. The van der Waals surface area contributed by atoms with Crippen LogP contribution in [-0.2, 0) is 15.7 Å². The molecule has 0 unspecified atom stereocenters. The summed E-state index contributed by atoms with van der Waals surface area (Å²) in [5.41, 5.74) is 1.81. The Balaban J connectivity index is 4.58. The fourth-order valence-corrected chi connectivity index (χ4v) is 14.3. The summed E-state index contributed by atoms with van der Waals surface area (Å²) in [6, 6.07) is 0. The molecule has 0 saturated carbocycles. The van der Waals surface area contributed by atoms with Gasteiger partial charge in [0.2, 0.25) is 0 Å². The van der Waals surface area contributed by atoms with Crippen molar-refractivity contribution in [2.24, 2.45) is 0 Å². The molecule has 4 nitrogen and oxygen atoms in total. The average molecular weight is 628 g/mol. The molecule has 0 aromatic rings. The van der Waals surface area contributed by atoms with Gasteiger partial charge < -0.3 is 0 Å². The van der Waals surface area contributed by atoms with Crippen molar-refractivity contribution in [2.45, 2.75) is 165 Å². The third-order valence-electron chi connectivity index (χ3n) is 6.71. The molecule has 0 radical (unpaired) electrons. The Morgan fingerprint density at radius 1 is 0.514 bits per heavy atom. The molecule has 0 fully saturated rings. The first-order valence-electron chi connectivity index (χ1n) is 15.5. The second-order valence-corrected chi connectivity index (χ2v) is 19.7. The summed E-state index contributed by atoms with van der Waals surface area (Å²) in [4.78, 5) is 25.6. The minimum absolute atomic E-state index is 0.211. The summed E-state index contributed by atoms with van der Waals surface area (Å²) in [5, 5.41) is 0. The van der Waals surface area contributed by atoms with E-state index in [9.17, 15) is 9.59 Å². The van der Waals surface area contributed by atoms with E-state index in [4.69, 9.17) is 6.15 Å². The Kier molecular flexibility index (Phi) is 23.8. The van der Waals surface area contributed by atoms with Gasteiger partial charge in [0.25, 0.3) is 0 Å². The summed E-state index contributed by atoms with van der Waals surface area (Å²) in [6.07, 6.45) is 22.5. The Morgan fingerprint density at radius 2 is 0.784 bits per heavy atom. The molecule has 0 aliphatic heterocycles. The van der Waals surface area contributed by atoms with Gasteiger partial charge in [0.05, 0.1) is 0 Å². The van der Waals surface area contributed by atoms with Crippen LogP contribution in [0.4, 0.5) is 0 Å². The van der Waals surface area contributed by atoms with Gasteiger partial charge in [-0.25, -0.2) is 0 Å². The Morgan fingerprint density at radius 3 is 1.05 bits per heavy atom. The standard InChI is InChI=1S/2C12H24O2.2C4H7.Sn/c2*1-2-3-4-5-6-7-8-9-10-11-12(13)14;2*1-4(2)3;/h2*2-11H2,1H3,(H,13,14);2*1-2H2,3H3;/q;;;;+2/p-2. The van der Waals surface area contributed by atoms with Gasteiger partial charge >= 0.3 is 222 Å². The van der Waals surface area contributed by atoms with Crippen LogP contribution in [0.15, 0.2) is 24.3 Å². The maximum atomic E-state index is 12.8. The molecule has 0 rings (SSSR count). The van der Waals surface area contributed by atoms with Crippen molar-refractivity contribution in [2.75, 3.05) is 0 Å². The van der Waals surface area contributed by atoms with Gasteiger partial charge in [0.15, 0.2) is 0 Å². The van der Waals surface area contributed by atoms with Crippen molar-refractivity contribution in [1.29, 1.82) is 0 Å². The molecule has 5 heteroatoms. The van der Waals surface area contributed by atoms with E-state index in [1.807, 2.05) is 13.8 Å². The molecule has 0 N–H and O–H groups in total. The van der Waals surface area contributed by atoms with E-state index in [0.29, 0.717) is 21.7 Å². The monoisotopic (exact) mass is 628 g/mol. The predicted octanol–water partition coefficient (Wildman–Crippen LogP) is 10.5. The number of unbranched alkanes of at least 4 members (excludes halogenated alkanes) is 16. The van der Waals surface area contributed by atoms with Crippen LogP contribution in [-0.4, -0.2) is 31.1 Å². The van der Waals surface area contributed by atoms with Crippen molar-refractivity contribution < 1.29 is 15.7 Å². The second kappa shape index (κ2) is 24.3. The summed E-state index contributed by atoms with van der Waals surface area (Å²) in [7, 11) is 0. The van der Waals surface area contributed by atoms with Crippen molar-refractivity contribution in [1.82, 2.24) is 0 Å². The van der Waals surface area contributed by atoms with E-state index in [2.05, 4.69) is 27.0 Å². The number of hydrogen-bond acceptors (Lipinski definition) is 4. The number of rotatable bonds is 26. The van der Waals surface area contributed by atoms with Gasteiger partial charge in [0.1, 0.15) is 0 Å². The third kappa shape index (κ3) is 22.9. The van der Waals surface area contributed by atoms with Crippen molar-refractivity contribution in [3.8, 4) is 0 Å². The molecule has 0 aromatic carbocycles. The van der Waals surface area contributed by atoms with E-state index in [-0.39, 0.29) is 11.9 Å². The first-order chi connectivity index (χ1) is 17.7. The number of carbonyl (C=O) groups is 2. The van der Waals surface area contributed by atoms with E-state index in [1.165, 1.54) is 89.9 Å². The van der Waals surface area contributed by atoms with Crippen LogP contribution in [0.5, 0.6) is 0 Å². The molecule has 0 amide bonds. The fraction of sp³-hybridized carbons (Fsp3) is 0.812. The molecule has 0 atom stereocenters. The van der Waals surface area contributed by atoms with Crippen molar-refractivity contribution in [3.63, 3.8) is 0 Å². The van der Waals surface area contributed by atoms with Gasteiger partial charge in [-0.2, -0.15) is 0 Å². The Labute approximate surface area is 235 Å². The minimum Gasteiger partial charge on any atom is -0.0654 e. The zero-order valence-corrected chi connectivity index (χ0v) is 28.0. The third-order valence-corrected chi connectivity index (χ3v) is 16.7. The molecule has 37 heavy (non-hydrogen) atoms. The van der Waals surface area contributed by atoms with E-state index in [0.717, 1.165) is 36.8 Å². The first kappa shape index (κ1) is 36.2. The minimum atomic E-state index is -4.06. The van der Waals surface area contributed by atoms with Gasteiger partial charge in [-0.05, 0) is 0 Å². The zero-order valence-electron chi connectivity index (χ0n) is 25.1. The molecule has 0 spiro atoms. The molecule has 0 bridgehead atoms. The number of hydrogen-bond donors (Lipinski definition) is 0. The normalized spacial score (nSPS) is 11.4. The van der Waals surface area contributed by atoms with Crippen LogP contribution in [0.3, 0.4) is 0 Å². The Hall–Kier alpha value is -0.781. The van der Waals surface area contributed by atoms with Crippen molar-refractivity contribution in [3.05, 3.63) is 24.3 Å². The molecular formula is C32H60O4Sn. The predicted molar refractivity (Wildman–Crippen MR) is 161 cm³/mol. The first-order valence-corrected chi connectivity index (χ1v) is 21.8. The van der Waals surface area contributed by atoms with Crippen LogP contribution in [0.1, 0.15) is 156 Å². The van der Waals surface area contributed by atoms with Gasteiger partial charge in [-0.1, -0.05) is 13.8 Å². The maximum absolute atomic E-state index is 12.8. The van der Waals surface area contributed by atoms with Crippen LogP contribution >= 0.6 is 0 Å². The number of allylic oxidation sites excluding steroid dienone is 2. The summed E-state index contributed by atoms with van der Waals surface area (Å²) < 4.78 is 13.2. The SMILES string of the molecule is C=C(C)[CH2][Sn]([CH2]C(=C)C)([O]C(=O)CCCCCCCCCCC)[O]C(=O)CCCCCCCCCCC. The molecule has 0 heterocycles. The zero-order chi connectivity index (χ0) is 27.8. The molecule has 0 saturated heterocycles. The fourth-order valence-electron chi connectivity index (χ4n) is 4.82. The van der Waals surface area contributed by atoms with E-state index < -0.39 is 19.2 Å². The molecule has 0 aliphatic rings. The van der Waals surface area contributed by atoms with E-state index in [1.54, 1.807) is 0 Å². The average Bonchev–Trinajstić information content (AvgIpc) is 2.80. The van der Waals surface area contributed by atoms with Gasteiger partial charge in [0, 0.05) is 0 Å². The summed E-state index contributed by atoms with van der Waals surface area (Å²) in [5.74, 6) is -0.422. The molecule has 216 valence electrons. The summed E-state index contributed by atoms with van der Waals surface area (Å²) in [6.45, 7) is 16.4. The van der Waals surface area contributed by atoms with Crippen LogP contribution in [0, 0.1) is 0 Å². The van der Waals surface area contributed by atoms with Gasteiger partial charge in [-0.3, -0.25) is 0 Å². The molecule has 0 aliphatic carbocycles. The second-order valence-electron chi connectivity index (χ2n) is 11.3. The van der Waals surface area contributed by atoms with E-state index >= 15 is 0 Å². The quantitative estimate of drug-likeness (QED) is 0.0544. The van der Waals surface area contributed by atoms with Crippen LogP contribution < -0.4 is 0 Å². The molecule has 0 aromatic heterocycles.